The number of fused-ring (bicyclic) bond motifs is 4. The van der Waals surface area contributed by atoms with E-state index in [1.807, 2.05) is 0 Å². The Morgan fingerprint density at radius 3 is 2.96 bits per heavy atom. The molecule has 0 amide bonds. The molecule has 2 bridgehead atoms. The molecule has 1 aromatic carbocycles. The first-order valence-electron chi connectivity index (χ1n) is 10.3. The molecule has 5 nitrogen and oxygen atoms in total. The molecule has 0 aromatic heterocycles. The third-order valence-corrected chi connectivity index (χ3v) is 6.83. The Hall–Kier alpha value is -1.37. The molecule has 4 aliphatic rings. The molecule has 4 aliphatic heterocycles. The topological polar surface area (TPSA) is 39.8 Å². The van der Waals surface area contributed by atoms with E-state index in [0.29, 0.717) is 12.6 Å². The number of hydrogen-bond donors (Lipinski definition) is 2. The van der Waals surface area contributed by atoms with E-state index in [9.17, 15) is 0 Å². The molecule has 6 heteroatoms. The molecule has 0 saturated carbocycles. The van der Waals surface area contributed by atoms with Crippen molar-refractivity contribution < 1.29 is 4.74 Å². The molecule has 0 aliphatic carbocycles. The third kappa shape index (κ3) is 4.39. The maximum Gasteiger partial charge on any atom is 0.166 e. The predicted molar refractivity (Wildman–Crippen MR) is 114 cm³/mol. The first-order valence-corrected chi connectivity index (χ1v) is 10.7. The number of rotatable bonds is 7. The van der Waals surface area contributed by atoms with Gasteiger partial charge >= 0.3 is 0 Å². The molecule has 1 aromatic rings. The molecule has 4 atom stereocenters. The van der Waals surface area contributed by atoms with E-state index in [1.54, 1.807) is 7.11 Å². The van der Waals surface area contributed by atoms with Gasteiger partial charge in [0.05, 0.1) is 6.61 Å². The van der Waals surface area contributed by atoms with Gasteiger partial charge in [0.1, 0.15) is 0 Å². The van der Waals surface area contributed by atoms with Crippen molar-refractivity contribution >= 4 is 23.0 Å². The summed E-state index contributed by atoms with van der Waals surface area (Å²) >= 11 is 5.37. The minimum atomic E-state index is 0.619. The lowest BCUT2D eigenvalue weighted by molar-refractivity contribution is 0.00638. The van der Waals surface area contributed by atoms with Crippen molar-refractivity contribution in [1.82, 2.24) is 15.5 Å². The number of ether oxygens (including phenoxy) is 1. The van der Waals surface area contributed by atoms with Crippen LogP contribution in [0, 0.1) is 11.8 Å². The minimum absolute atomic E-state index is 0.619. The fraction of sp³-hybridized carbons (Fsp3) is 0.667. The Kier molecular flexibility index (Phi) is 6.15. The number of benzene rings is 1. The van der Waals surface area contributed by atoms with E-state index < -0.39 is 0 Å². The number of thiocarbonyl (C=S) groups is 1. The van der Waals surface area contributed by atoms with Crippen LogP contribution in [-0.2, 0) is 11.2 Å². The van der Waals surface area contributed by atoms with Crippen molar-refractivity contribution in [2.45, 2.75) is 25.3 Å². The van der Waals surface area contributed by atoms with Gasteiger partial charge in [-0.05, 0) is 61.5 Å². The van der Waals surface area contributed by atoms with Gasteiger partial charge in [-0.1, -0.05) is 18.2 Å². The maximum atomic E-state index is 5.37. The Bertz CT molecular complexity index is 655. The quantitative estimate of drug-likeness (QED) is 0.549. The summed E-state index contributed by atoms with van der Waals surface area (Å²) in [7, 11) is 1.71. The lowest BCUT2D eigenvalue weighted by atomic mass is 9.75. The van der Waals surface area contributed by atoms with E-state index in [0.717, 1.165) is 30.0 Å². The molecule has 148 valence electrons. The van der Waals surface area contributed by atoms with Gasteiger partial charge in [-0.2, -0.15) is 0 Å². The highest BCUT2D eigenvalue weighted by Gasteiger charge is 2.40. The SMILES string of the molecule is COCCNC(=S)NC[C@H]1C[C@@H]2CCN1C[C@@H]2CN1CCc2ccccc21. The molecule has 5 rings (SSSR count). The first-order chi connectivity index (χ1) is 13.2. The minimum Gasteiger partial charge on any atom is -0.383 e. The molecule has 3 fully saturated rings. The summed E-state index contributed by atoms with van der Waals surface area (Å²) in [4.78, 5) is 5.32. The predicted octanol–water partition coefficient (Wildman–Crippen LogP) is 1.87. The number of anilines is 1. The van der Waals surface area contributed by atoms with Crippen LogP contribution in [0.15, 0.2) is 24.3 Å². The summed E-state index contributed by atoms with van der Waals surface area (Å²) in [6, 6.07) is 9.56. The van der Waals surface area contributed by atoms with E-state index >= 15 is 0 Å². The monoisotopic (exact) mass is 388 g/mol. The average molecular weight is 389 g/mol. The number of methoxy groups -OCH3 is 1. The molecule has 2 N–H and O–H groups in total. The zero-order chi connectivity index (χ0) is 18.6. The van der Waals surface area contributed by atoms with Gasteiger partial charge in [-0.25, -0.2) is 0 Å². The summed E-state index contributed by atoms with van der Waals surface area (Å²) in [6.07, 6.45) is 3.86. The molecule has 1 unspecified atom stereocenters. The average Bonchev–Trinajstić information content (AvgIpc) is 3.10. The fourth-order valence-electron chi connectivity index (χ4n) is 5.09. The van der Waals surface area contributed by atoms with Gasteiger partial charge in [-0.15, -0.1) is 0 Å². The highest BCUT2D eigenvalue weighted by Crippen LogP contribution is 2.38. The lowest BCUT2D eigenvalue weighted by Gasteiger charge is -2.51. The normalized spacial score (nSPS) is 28.9. The van der Waals surface area contributed by atoms with Crippen LogP contribution < -0.4 is 15.5 Å². The molecular formula is C21H32N4OS. The smallest absolute Gasteiger partial charge is 0.166 e. The van der Waals surface area contributed by atoms with E-state index in [4.69, 9.17) is 17.0 Å². The summed E-state index contributed by atoms with van der Waals surface area (Å²) in [5, 5.41) is 7.36. The van der Waals surface area contributed by atoms with Gasteiger partial charge in [0.2, 0.25) is 0 Å². The van der Waals surface area contributed by atoms with Crippen molar-refractivity contribution in [2.75, 3.05) is 57.9 Å². The van der Waals surface area contributed by atoms with Crippen LogP contribution in [0.4, 0.5) is 5.69 Å². The molecule has 3 saturated heterocycles. The second kappa shape index (κ2) is 8.76. The number of nitrogens with zero attached hydrogens (tertiary/aromatic N) is 2. The van der Waals surface area contributed by atoms with Crippen LogP contribution in [0.3, 0.4) is 0 Å². The van der Waals surface area contributed by atoms with Crippen LogP contribution in [0.5, 0.6) is 0 Å². The summed E-state index contributed by atoms with van der Waals surface area (Å²) in [5.41, 5.74) is 3.00. The molecule has 0 radical (unpaired) electrons. The number of piperidine rings is 3. The Morgan fingerprint density at radius 2 is 2.15 bits per heavy atom. The van der Waals surface area contributed by atoms with Gasteiger partial charge in [-0.3, -0.25) is 4.90 Å². The van der Waals surface area contributed by atoms with E-state index in [-0.39, 0.29) is 0 Å². The van der Waals surface area contributed by atoms with Crippen LogP contribution in [0.2, 0.25) is 0 Å². The third-order valence-electron chi connectivity index (χ3n) is 6.54. The largest absolute Gasteiger partial charge is 0.383 e. The van der Waals surface area contributed by atoms with Crippen molar-refractivity contribution in [3.8, 4) is 0 Å². The summed E-state index contributed by atoms with van der Waals surface area (Å²) in [6.45, 7) is 7.28. The Labute approximate surface area is 168 Å². The fourth-order valence-corrected chi connectivity index (χ4v) is 5.27. The van der Waals surface area contributed by atoms with Crippen LogP contribution >= 0.6 is 12.2 Å². The summed E-state index contributed by atoms with van der Waals surface area (Å²) < 4.78 is 5.05. The Morgan fingerprint density at radius 1 is 1.26 bits per heavy atom. The van der Waals surface area contributed by atoms with Crippen molar-refractivity contribution in [1.29, 1.82) is 0 Å². The first kappa shape index (κ1) is 19.0. The van der Waals surface area contributed by atoms with Gasteiger partial charge < -0.3 is 20.3 Å². The second-order valence-electron chi connectivity index (χ2n) is 8.15. The van der Waals surface area contributed by atoms with Gasteiger partial charge in [0.15, 0.2) is 5.11 Å². The maximum absolute atomic E-state index is 5.37. The van der Waals surface area contributed by atoms with Gasteiger partial charge in [0.25, 0.3) is 0 Å². The van der Waals surface area contributed by atoms with Crippen LogP contribution in [0.25, 0.3) is 0 Å². The van der Waals surface area contributed by atoms with E-state index in [1.165, 1.54) is 56.7 Å². The van der Waals surface area contributed by atoms with E-state index in [2.05, 4.69) is 44.7 Å². The Balaban J connectivity index is 1.26. The molecule has 0 spiro atoms. The second-order valence-corrected chi connectivity index (χ2v) is 8.56. The standard InChI is InChI=1S/C21H32N4OS/c1-26-11-8-22-21(27)23-13-19-12-17-7-9-24(19)14-18(17)15-25-10-6-16-4-2-3-5-20(16)25/h2-5,17-19H,6-15H2,1H3,(H2,22,23,27)/t17-,18+,19+/m0/s1. The zero-order valence-corrected chi connectivity index (χ0v) is 17.1. The van der Waals surface area contributed by atoms with Crippen LogP contribution in [0.1, 0.15) is 18.4 Å². The number of hydrogen-bond acceptors (Lipinski definition) is 4. The molecule has 27 heavy (non-hydrogen) atoms. The van der Waals surface area contributed by atoms with Crippen LogP contribution in [-0.4, -0.2) is 69.0 Å². The molecule has 4 heterocycles. The zero-order valence-electron chi connectivity index (χ0n) is 16.3. The van der Waals surface area contributed by atoms with Crippen molar-refractivity contribution in [2.24, 2.45) is 11.8 Å². The lowest BCUT2D eigenvalue weighted by Crippen LogP contribution is -2.59. The van der Waals surface area contributed by atoms with Crippen molar-refractivity contribution in [3.63, 3.8) is 0 Å². The highest BCUT2D eigenvalue weighted by molar-refractivity contribution is 7.80. The number of nitrogens with one attached hydrogen (secondary N) is 2. The highest BCUT2D eigenvalue weighted by atomic mass is 32.1. The summed E-state index contributed by atoms with van der Waals surface area (Å²) in [5.74, 6) is 1.65. The van der Waals surface area contributed by atoms with Crippen molar-refractivity contribution in [3.05, 3.63) is 29.8 Å². The van der Waals surface area contributed by atoms with Gasteiger partial charge in [0, 0.05) is 51.6 Å². The molecular weight excluding hydrogens is 356 g/mol. The number of para-hydroxylation sites is 1.